The maximum atomic E-state index is 11.8. The maximum Gasteiger partial charge on any atom is 0.306 e. The lowest BCUT2D eigenvalue weighted by molar-refractivity contribution is -0.147. The van der Waals surface area contributed by atoms with Crippen LogP contribution in [-0.4, -0.2) is 28.6 Å². The topological polar surface area (TPSA) is 94.3 Å². The zero-order chi connectivity index (χ0) is 19.1. The number of aromatic nitrogens is 2. The Morgan fingerprint density at radius 3 is 2.78 bits per heavy atom. The molecule has 3 aromatic rings. The van der Waals surface area contributed by atoms with Crippen LogP contribution >= 0.6 is 11.3 Å². The Hall–Kier alpha value is -3.00. The number of ether oxygens (including phenoxy) is 1. The molecule has 0 atom stereocenters. The number of rotatable bonds is 8. The second kappa shape index (κ2) is 9.09. The minimum absolute atomic E-state index is 0.175. The highest BCUT2D eigenvalue weighted by molar-refractivity contribution is 7.13. The number of aryl methyl sites for hydroxylation is 2. The molecule has 0 aliphatic carbocycles. The van der Waals surface area contributed by atoms with E-state index in [0.717, 1.165) is 10.4 Å². The predicted molar refractivity (Wildman–Crippen MR) is 101 cm³/mol. The van der Waals surface area contributed by atoms with Crippen molar-refractivity contribution in [3.05, 3.63) is 53.2 Å². The number of hydrogen-bond acceptors (Lipinski definition) is 7. The Bertz CT molecular complexity index is 888. The van der Waals surface area contributed by atoms with Gasteiger partial charge in [0, 0.05) is 18.5 Å². The zero-order valence-electron chi connectivity index (χ0n) is 14.8. The van der Waals surface area contributed by atoms with Gasteiger partial charge in [0.2, 0.25) is 11.7 Å². The molecule has 0 aliphatic rings. The van der Waals surface area contributed by atoms with Gasteiger partial charge in [0.25, 0.3) is 5.91 Å². The monoisotopic (exact) mass is 385 g/mol. The normalized spacial score (nSPS) is 10.6. The fourth-order valence-corrected chi connectivity index (χ4v) is 2.95. The van der Waals surface area contributed by atoms with Crippen LogP contribution < -0.4 is 5.32 Å². The first-order valence-electron chi connectivity index (χ1n) is 8.49. The standard InChI is InChI=1S/C19H19N3O4S/c1-13-7-9-14(10-8-13)20-16(23)12-25-18(24)6-2-5-17-21-19(22-26-17)15-4-3-11-27-15/h3-4,7-11H,2,5-6,12H2,1H3,(H,20,23). The predicted octanol–water partition coefficient (Wildman–Crippen LogP) is 3.61. The summed E-state index contributed by atoms with van der Waals surface area (Å²) in [6.45, 7) is 1.65. The van der Waals surface area contributed by atoms with Crippen LogP contribution in [0.15, 0.2) is 46.3 Å². The molecule has 1 aromatic carbocycles. The van der Waals surface area contributed by atoms with Gasteiger partial charge in [-0.3, -0.25) is 9.59 Å². The zero-order valence-corrected chi connectivity index (χ0v) is 15.6. The van der Waals surface area contributed by atoms with Crippen molar-refractivity contribution in [3.8, 4) is 10.7 Å². The van der Waals surface area contributed by atoms with E-state index in [9.17, 15) is 9.59 Å². The summed E-state index contributed by atoms with van der Waals surface area (Å²) >= 11 is 1.53. The average Bonchev–Trinajstić information content (AvgIpc) is 3.33. The van der Waals surface area contributed by atoms with Crippen LogP contribution in [0.3, 0.4) is 0 Å². The maximum absolute atomic E-state index is 11.8. The van der Waals surface area contributed by atoms with Gasteiger partial charge in [-0.05, 0) is 36.9 Å². The van der Waals surface area contributed by atoms with Gasteiger partial charge in [0.05, 0.1) is 4.88 Å². The Morgan fingerprint density at radius 2 is 2.04 bits per heavy atom. The van der Waals surface area contributed by atoms with Crippen LogP contribution in [-0.2, 0) is 20.7 Å². The molecule has 140 valence electrons. The molecule has 0 spiro atoms. The molecule has 0 saturated heterocycles. The summed E-state index contributed by atoms with van der Waals surface area (Å²) in [6.07, 6.45) is 1.15. The first-order valence-corrected chi connectivity index (χ1v) is 9.37. The molecule has 0 aliphatic heterocycles. The third-order valence-corrected chi connectivity index (χ3v) is 4.55. The quantitative estimate of drug-likeness (QED) is 0.595. The number of amides is 1. The molecule has 2 heterocycles. The summed E-state index contributed by atoms with van der Waals surface area (Å²) in [4.78, 5) is 28.8. The van der Waals surface area contributed by atoms with Crippen molar-refractivity contribution in [1.82, 2.24) is 10.1 Å². The fraction of sp³-hybridized carbons (Fsp3) is 0.263. The van der Waals surface area contributed by atoms with Crippen LogP contribution in [0, 0.1) is 6.92 Å². The van der Waals surface area contributed by atoms with Crippen LogP contribution in [0.4, 0.5) is 5.69 Å². The van der Waals surface area contributed by atoms with Crippen molar-refractivity contribution in [2.45, 2.75) is 26.2 Å². The summed E-state index contributed by atoms with van der Waals surface area (Å²) in [5, 5.41) is 8.53. The van der Waals surface area contributed by atoms with Gasteiger partial charge in [0.1, 0.15) is 0 Å². The van der Waals surface area contributed by atoms with Gasteiger partial charge in [-0.2, -0.15) is 4.98 Å². The minimum atomic E-state index is -0.438. The molecular formula is C19H19N3O4S. The Balaban J connectivity index is 1.35. The number of carbonyl (C=O) groups is 2. The van der Waals surface area contributed by atoms with Crippen molar-refractivity contribution >= 4 is 28.9 Å². The number of esters is 1. The molecular weight excluding hydrogens is 366 g/mol. The lowest BCUT2D eigenvalue weighted by atomic mass is 10.2. The molecule has 2 aromatic heterocycles. The van der Waals surface area contributed by atoms with E-state index in [2.05, 4.69) is 15.5 Å². The molecule has 0 fully saturated rings. The highest BCUT2D eigenvalue weighted by atomic mass is 32.1. The number of thiophene rings is 1. The molecule has 1 N–H and O–H groups in total. The molecule has 0 bridgehead atoms. The van der Waals surface area contributed by atoms with E-state index in [0.29, 0.717) is 30.2 Å². The van der Waals surface area contributed by atoms with E-state index < -0.39 is 5.97 Å². The van der Waals surface area contributed by atoms with Crippen molar-refractivity contribution in [3.63, 3.8) is 0 Å². The third kappa shape index (κ3) is 5.75. The van der Waals surface area contributed by atoms with Crippen LogP contribution in [0.1, 0.15) is 24.3 Å². The molecule has 7 nitrogen and oxygen atoms in total. The number of nitrogens with one attached hydrogen (secondary N) is 1. The van der Waals surface area contributed by atoms with Crippen LogP contribution in [0.25, 0.3) is 10.7 Å². The number of carbonyl (C=O) groups excluding carboxylic acids is 2. The summed E-state index contributed by atoms with van der Waals surface area (Å²) < 4.78 is 10.2. The van der Waals surface area contributed by atoms with Crippen LogP contribution in [0.5, 0.6) is 0 Å². The van der Waals surface area contributed by atoms with Crippen molar-refractivity contribution in [1.29, 1.82) is 0 Å². The number of benzene rings is 1. The smallest absolute Gasteiger partial charge is 0.306 e. The fourth-order valence-electron chi connectivity index (χ4n) is 2.30. The van der Waals surface area contributed by atoms with E-state index in [4.69, 9.17) is 9.26 Å². The van der Waals surface area contributed by atoms with E-state index in [-0.39, 0.29) is 18.9 Å². The van der Waals surface area contributed by atoms with Crippen molar-refractivity contribution in [2.75, 3.05) is 11.9 Å². The van der Waals surface area contributed by atoms with E-state index in [1.54, 1.807) is 12.1 Å². The summed E-state index contributed by atoms with van der Waals surface area (Å²) in [5.74, 6) is 0.218. The van der Waals surface area contributed by atoms with Crippen LogP contribution in [0.2, 0.25) is 0 Å². The van der Waals surface area contributed by atoms with Gasteiger partial charge < -0.3 is 14.6 Å². The van der Waals surface area contributed by atoms with Gasteiger partial charge in [-0.1, -0.05) is 28.9 Å². The van der Waals surface area contributed by atoms with Crippen molar-refractivity contribution < 1.29 is 18.8 Å². The van der Waals surface area contributed by atoms with Gasteiger partial charge in [0.15, 0.2) is 6.61 Å². The van der Waals surface area contributed by atoms with E-state index in [1.807, 2.05) is 36.6 Å². The molecule has 3 rings (SSSR count). The number of nitrogens with zero attached hydrogens (tertiary/aromatic N) is 2. The molecule has 8 heteroatoms. The third-order valence-electron chi connectivity index (χ3n) is 3.68. The minimum Gasteiger partial charge on any atom is -0.456 e. The number of hydrogen-bond donors (Lipinski definition) is 1. The first-order chi connectivity index (χ1) is 13.1. The Kier molecular flexibility index (Phi) is 6.32. The SMILES string of the molecule is Cc1ccc(NC(=O)COC(=O)CCCc2nc(-c3cccs3)no2)cc1. The molecule has 1 amide bonds. The summed E-state index contributed by atoms with van der Waals surface area (Å²) in [5.41, 5.74) is 1.77. The molecule has 27 heavy (non-hydrogen) atoms. The van der Waals surface area contributed by atoms with Gasteiger partial charge in [-0.25, -0.2) is 0 Å². The summed E-state index contributed by atoms with van der Waals surface area (Å²) in [6, 6.07) is 11.2. The lowest BCUT2D eigenvalue weighted by Crippen LogP contribution is -2.20. The average molecular weight is 385 g/mol. The molecule has 0 radical (unpaired) electrons. The second-order valence-electron chi connectivity index (χ2n) is 5.92. The largest absolute Gasteiger partial charge is 0.456 e. The highest BCUT2D eigenvalue weighted by Gasteiger charge is 2.12. The molecule has 0 unspecified atom stereocenters. The van der Waals surface area contributed by atoms with E-state index >= 15 is 0 Å². The van der Waals surface area contributed by atoms with Crippen molar-refractivity contribution in [2.24, 2.45) is 0 Å². The first kappa shape index (κ1) is 18.8. The molecule has 0 saturated carbocycles. The number of anilines is 1. The Morgan fingerprint density at radius 1 is 1.22 bits per heavy atom. The lowest BCUT2D eigenvalue weighted by Gasteiger charge is -2.06. The van der Waals surface area contributed by atoms with E-state index in [1.165, 1.54) is 11.3 Å². The highest BCUT2D eigenvalue weighted by Crippen LogP contribution is 2.21. The van der Waals surface area contributed by atoms with Gasteiger partial charge >= 0.3 is 5.97 Å². The second-order valence-corrected chi connectivity index (χ2v) is 6.87. The van der Waals surface area contributed by atoms with Gasteiger partial charge in [-0.15, -0.1) is 11.3 Å². The summed E-state index contributed by atoms with van der Waals surface area (Å²) in [7, 11) is 0. The Labute approximate surface area is 160 Å².